The molecule has 0 bridgehead atoms. The number of nitrogens with zero attached hydrogens (tertiary/aromatic N) is 4. The largest absolute Gasteiger partial charge is 0.340 e. The average Bonchev–Trinajstić information content (AvgIpc) is 2.96. The van der Waals surface area contributed by atoms with Gasteiger partial charge in [-0.1, -0.05) is 36.4 Å². The Hall–Kier alpha value is -3.21. The molecule has 4 rings (SSSR count). The van der Waals surface area contributed by atoms with Crippen molar-refractivity contribution in [3.63, 3.8) is 0 Å². The van der Waals surface area contributed by atoms with Crippen molar-refractivity contribution in [2.24, 2.45) is 0 Å². The molecule has 0 radical (unpaired) electrons. The summed E-state index contributed by atoms with van der Waals surface area (Å²) >= 11 is 0. The number of rotatable bonds is 3. The molecule has 5 nitrogen and oxygen atoms in total. The summed E-state index contributed by atoms with van der Waals surface area (Å²) in [5.74, 6) is 2.16. The fourth-order valence-electron chi connectivity index (χ4n) is 2.80. The summed E-state index contributed by atoms with van der Waals surface area (Å²) in [6, 6.07) is 16.2. The lowest BCUT2D eigenvalue weighted by molar-refractivity contribution is 1.02. The molecule has 0 aliphatic heterocycles. The third-order valence-electron chi connectivity index (χ3n) is 4.04. The molecule has 0 amide bonds. The van der Waals surface area contributed by atoms with E-state index in [9.17, 15) is 0 Å². The number of fused-ring (bicyclic) bond motifs is 3. The monoisotopic (exact) mass is 315 g/mol. The highest BCUT2D eigenvalue weighted by Crippen LogP contribution is 2.28. The van der Waals surface area contributed by atoms with Crippen molar-refractivity contribution < 1.29 is 0 Å². The van der Waals surface area contributed by atoms with E-state index in [1.54, 1.807) is 0 Å². The van der Waals surface area contributed by atoms with Gasteiger partial charge in [-0.2, -0.15) is 4.98 Å². The maximum absolute atomic E-state index is 4.65. The fourth-order valence-corrected chi connectivity index (χ4v) is 2.80. The van der Waals surface area contributed by atoms with Crippen LogP contribution in [0.15, 0.2) is 55.1 Å². The van der Waals surface area contributed by atoms with Gasteiger partial charge in [0.2, 0.25) is 0 Å². The summed E-state index contributed by atoms with van der Waals surface area (Å²) in [4.78, 5) is 4.65. The lowest BCUT2D eigenvalue weighted by Crippen LogP contribution is -2.01. The first-order valence-electron chi connectivity index (χ1n) is 7.77. The number of nitrogens with one attached hydrogen (secondary N) is 1. The molecule has 5 heteroatoms. The van der Waals surface area contributed by atoms with Gasteiger partial charge in [-0.25, -0.2) is 0 Å². The predicted octanol–water partition coefficient (Wildman–Crippen LogP) is 4.36. The van der Waals surface area contributed by atoms with E-state index in [0.717, 1.165) is 39.4 Å². The van der Waals surface area contributed by atoms with Gasteiger partial charge in [-0.15, -0.1) is 10.2 Å². The van der Waals surface area contributed by atoms with Crippen LogP contribution in [0, 0.1) is 6.92 Å². The Morgan fingerprint density at radius 3 is 2.62 bits per heavy atom. The van der Waals surface area contributed by atoms with Gasteiger partial charge in [-0.05, 0) is 43.7 Å². The van der Waals surface area contributed by atoms with Crippen LogP contribution in [0.2, 0.25) is 0 Å². The molecule has 24 heavy (non-hydrogen) atoms. The molecule has 0 fully saturated rings. The molecule has 0 saturated carbocycles. The Morgan fingerprint density at radius 2 is 1.88 bits per heavy atom. The predicted molar refractivity (Wildman–Crippen MR) is 97.5 cm³/mol. The summed E-state index contributed by atoms with van der Waals surface area (Å²) in [5.41, 5.74) is 4.11. The number of allylic oxidation sites excluding steroid dienone is 1. The second-order valence-electron chi connectivity index (χ2n) is 5.85. The molecule has 2 aromatic heterocycles. The van der Waals surface area contributed by atoms with E-state index in [-0.39, 0.29) is 0 Å². The maximum atomic E-state index is 4.65. The zero-order chi connectivity index (χ0) is 16.7. The van der Waals surface area contributed by atoms with Gasteiger partial charge in [0.05, 0.1) is 5.52 Å². The third kappa shape index (κ3) is 2.31. The van der Waals surface area contributed by atoms with Gasteiger partial charge in [0, 0.05) is 11.1 Å². The number of anilines is 2. The lowest BCUT2D eigenvalue weighted by atomic mass is 10.1. The molecule has 0 aliphatic carbocycles. The third-order valence-corrected chi connectivity index (χ3v) is 4.04. The normalized spacial score (nSPS) is 11.1. The first-order valence-corrected chi connectivity index (χ1v) is 7.77. The minimum Gasteiger partial charge on any atom is -0.340 e. The first kappa shape index (κ1) is 14.4. The summed E-state index contributed by atoms with van der Waals surface area (Å²) in [6.07, 6.45) is 0. The van der Waals surface area contributed by atoms with Crippen LogP contribution in [-0.2, 0) is 0 Å². The molecule has 2 heterocycles. The van der Waals surface area contributed by atoms with Crippen LogP contribution in [0.5, 0.6) is 0 Å². The highest BCUT2D eigenvalue weighted by atomic mass is 15.3. The summed E-state index contributed by atoms with van der Waals surface area (Å²) < 4.78 is 1.97. The van der Waals surface area contributed by atoms with Gasteiger partial charge in [-0.3, -0.25) is 4.40 Å². The Labute approximate surface area is 139 Å². The van der Waals surface area contributed by atoms with Crippen molar-refractivity contribution >= 4 is 33.8 Å². The van der Waals surface area contributed by atoms with Crippen molar-refractivity contribution in [3.05, 3.63) is 66.5 Å². The van der Waals surface area contributed by atoms with Gasteiger partial charge < -0.3 is 5.32 Å². The van der Waals surface area contributed by atoms with E-state index in [4.69, 9.17) is 0 Å². The zero-order valence-electron chi connectivity index (χ0n) is 13.6. The molecular weight excluding hydrogens is 298 g/mol. The Balaban J connectivity index is 2.00. The van der Waals surface area contributed by atoms with Crippen LogP contribution in [0.3, 0.4) is 0 Å². The van der Waals surface area contributed by atoms with Crippen LogP contribution in [-0.4, -0.2) is 19.6 Å². The molecule has 2 aromatic carbocycles. The maximum Gasteiger partial charge on any atom is 0.257 e. The Morgan fingerprint density at radius 1 is 1.08 bits per heavy atom. The topological polar surface area (TPSA) is 55.1 Å². The first-order chi connectivity index (χ1) is 11.6. The molecule has 0 spiro atoms. The number of hydrogen-bond donors (Lipinski definition) is 1. The van der Waals surface area contributed by atoms with Crippen molar-refractivity contribution in [3.8, 4) is 0 Å². The lowest BCUT2D eigenvalue weighted by Gasteiger charge is -2.12. The highest BCUT2D eigenvalue weighted by molar-refractivity contribution is 5.94. The van der Waals surface area contributed by atoms with E-state index in [0.29, 0.717) is 5.78 Å². The highest BCUT2D eigenvalue weighted by Gasteiger charge is 2.13. The van der Waals surface area contributed by atoms with Crippen LogP contribution in [0.4, 0.5) is 11.5 Å². The standard InChI is InChI=1S/C19H17N5/c1-12(2)14-9-10-16-17(11-14)24-13(3)22-23-19(24)21-18(16)20-15-7-5-4-6-8-15/h4-11H,1H2,2-3H3,(H,20,21,23). The number of para-hydroxylation sites is 1. The summed E-state index contributed by atoms with van der Waals surface area (Å²) in [6.45, 7) is 7.97. The number of aryl methyl sites for hydroxylation is 1. The molecule has 1 N–H and O–H groups in total. The Bertz CT molecular complexity index is 1060. The van der Waals surface area contributed by atoms with Crippen LogP contribution >= 0.6 is 0 Å². The van der Waals surface area contributed by atoms with Crippen molar-refractivity contribution in [1.29, 1.82) is 0 Å². The second kappa shape index (κ2) is 5.45. The number of benzene rings is 2. The molecule has 0 saturated heterocycles. The SMILES string of the molecule is C=C(C)c1ccc2c(Nc3ccccc3)nc3nnc(C)n3c2c1. The van der Waals surface area contributed by atoms with E-state index >= 15 is 0 Å². The second-order valence-corrected chi connectivity index (χ2v) is 5.85. The van der Waals surface area contributed by atoms with E-state index in [1.807, 2.05) is 48.6 Å². The minimum absolute atomic E-state index is 0.581. The van der Waals surface area contributed by atoms with Gasteiger partial charge in [0.25, 0.3) is 5.78 Å². The molecule has 0 atom stereocenters. The molecule has 0 unspecified atom stereocenters. The van der Waals surface area contributed by atoms with Crippen molar-refractivity contribution in [2.45, 2.75) is 13.8 Å². The van der Waals surface area contributed by atoms with Gasteiger partial charge in [0.1, 0.15) is 11.6 Å². The van der Waals surface area contributed by atoms with Crippen LogP contribution in [0.25, 0.3) is 22.3 Å². The number of aromatic nitrogens is 4. The van der Waals surface area contributed by atoms with Crippen LogP contribution < -0.4 is 5.32 Å². The van der Waals surface area contributed by atoms with E-state index < -0.39 is 0 Å². The van der Waals surface area contributed by atoms with E-state index in [2.05, 4.69) is 45.3 Å². The minimum atomic E-state index is 0.581. The van der Waals surface area contributed by atoms with E-state index in [1.165, 1.54) is 0 Å². The number of hydrogen-bond acceptors (Lipinski definition) is 4. The average molecular weight is 315 g/mol. The smallest absolute Gasteiger partial charge is 0.257 e. The molecule has 118 valence electrons. The quantitative estimate of drug-likeness (QED) is 0.610. The van der Waals surface area contributed by atoms with Crippen molar-refractivity contribution in [1.82, 2.24) is 19.6 Å². The molecule has 0 aliphatic rings. The summed E-state index contributed by atoms with van der Waals surface area (Å²) in [7, 11) is 0. The van der Waals surface area contributed by atoms with Crippen LogP contribution in [0.1, 0.15) is 18.3 Å². The van der Waals surface area contributed by atoms with Gasteiger partial charge in [0.15, 0.2) is 0 Å². The zero-order valence-corrected chi connectivity index (χ0v) is 13.6. The summed E-state index contributed by atoms with van der Waals surface area (Å²) in [5, 5.41) is 12.7. The molecule has 4 aromatic rings. The Kier molecular flexibility index (Phi) is 3.27. The molecular formula is C19H17N5. The fraction of sp³-hybridized carbons (Fsp3) is 0.105. The van der Waals surface area contributed by atoms with Crippen molar-refractivity contribution in [2.75, 3.05) is 5.32 Å². The van der Waals surface area contributed by atoms with Gasteiger partial charge >= 0.3 is 0 Å².